The summed E-state index contributed by atoms with van der Waals surface area (Å²) in [5.74, 6) is 1.04. The molecule has 1 aliphatic rings. The minimum atomic E-state index is -1.51. The number of piperidine rings is 1. The van der Waals surface area contributed by atoms with Gasteiger partial charge in [0.05, 0.1) is 12.8 Å². The number of nitrogen functional groups attached to an aromatic ring is 1. The van der Waals surface area contributed by atoms with Gasteiger partial charge in [-0.15, -0.1) is 0 Å². The summed E-state index contributed by atoms with van der Waals surface area (Å²) in [5, 5.41) is 6.86. The van der Waals surface area contributed by atoms with Crippen LogP contribution in [0.15, 0.2) is 48.7 Å². The number of nitrogens with one attached hydrogen (secondary N) is 2. The van der Waals surface area contributed by atoms with Crippen molar-refractivity contribution in [2.24, 2.45) is 0 Å². The fraction of sp³-hybridized carbons (Fsp3) is 0.433. The second-order valence-corrected chi connectivity index (χ2v) is 10.6. The van der Waals surface area contributed by atoms with Gasteiger partial charge in [-0.1, -0.05) is 6.92 Å². The van der Waals surface area contributed by atoms with Gasteiger partial charge >= 0.3 is 0 Å². The lowest BCUT2D eigenvalue weighted by molar-refractivity contribution is 0.0602. The summed E-state index contributed by atoms with van der Waals surface area (Å²) < 4.78 is 20.0. The molecule has 4 N–H and O–H groups in total. The molecule has 0 unspecified atom stereocenters. The zero-order chi connectivity index (χ0) is 28.2. The number of methoxy groups -OCH3 is 1. The third-order valence-electron chi connectivity index (χ3n) is 7.27. The number of hydrogen-bond donors (Lipinski definition) is 3. The van der Waals surface area contributed by atoms with Gasteiger partial charge in [0.1, 0.15) is 11.4 Å². The van der Waals surface area contributed by atoms with Gasteiger partial charge in [0.15, 0.2) is 0 Å². The highest BCUT2D eigenvalue weighted by molar-refractivity contribution is 5.94. The van der Waals surface area contributed by atoms with E-state index in [2.05, 4.69) is 29.5 Å². The Kier molecular flexibility index (Phi) is 8.70. The first-order valence-corrected chi connectivity index (χ1v) is 13.5. The van der Waals surface area contributed by atoms with Gasteiger partial charge in [-0.2, -0.15) is 0 Å². The smallest absolute Gasteiger partial charge is 0.254 e. The summed E-state index contributed by atoms with van der Waals surface area (Å²) in [6, 6.07) is 12.7. The van der Waals surface area contributed by atoms with E-state index in [1.807, 2.05) is 11.1 Å². The highest BCUT2D eigenvalue weighted by atomic mass is 19.1. The molecule has 0 spiro atoms. The second-order valence-electron chi connectivity index (χ2n) is 10.6. The fourth-order valence-electron chi connectivity index (χ4n) is 4.90. The van der Waals surface area contributed by atoms with Crippen LogP contribution in [0.5, 0.6) is 5.75 Å². The SMILES string of the molecule is CCc1cnc(Nc2cc(OC)cc(C(C)(C)F)c2)nc1CN[C@@H]1CCN(C(=O)c2ccc(N)cc2)[C@H](C)C1. The highest BCUT2D eigenvalue weighted by Crippen LogP contribution is 2.32. The molecule has 1 aliphatic heterocycles. The van der Waals surface area contributed by atoms with E-state index in [4.69, 9.17) is 15.5 Å². The minimum Gasteiger partial charge on any atom is -0.497 e. The van der Waals surface area contributed by atoms with Gasteiger partial charge in [-0.25, -0.2) is 14.4 Å². The predicted molar refractivity (Wildman–Crippen MR) is 153 cm³/mol. The topological polar surface area (TPSA) is 105 Å². The predicted octanol–water partition coefficient (Wildman–Crippen LogP) is 5.36. The summed E-state index contributed by atoms with van der Waals surface area (Å²) in [4.78, 5) is 24.2. The Hall–Kier alpha value is -3.72. The van der Waals surface area contributed by atoms with Crippen molar-refractivity contribution in [3.05, 3.63) is 71.0 Å². The number of halogens is 1. The Morgan fingerprint density at radius 2 is 1.97 bits per heavy atom. The second kappa shape index (κ2) is 12.0. The quantitative estimate of drug-likeness (QED) is 0.317. The third-order valence-corrected chi connectivity index (χ3v) is 7.27. The Labute approximate surface area is 230 Å². The number of carbonyl (C=O) groups is 1. The summed E-state index contributed by atoms with van der Waals surface area (Å²) in [6.45, 7) is 8.47. The average Bonchev–Trinajstić information content (AvgIpc) is 2.91. The monoisotopic (exact) mass is 534 g/mol. The first kappa shape index (κ1) is 28.3. The van der Waals surface area contributed by atoms with Crippen molar-refractivity contribution in [3.8, 4) is 5.75 Å². The number of likely N-dealkylation sites (tertiary alicyclic amines) is 1. The van der Waals surface area contributed by atoms with Crippen molar-refractivity contribution in [3.63, 3.8) is 0 Å². The molecule has 9 heteroatoms. The van der Waals surface area contributed by atoms with Crippen LogP contribution in [0, 0.1) is 0 Å². The van der Waals surface area contributed by atoms with Crippen molar-refractivity contribution in [2.75, 3.05) is 24.7 Å². The Bertz CT molecular complexity index is 1290. The molecule has 0 radical (unpaired) electrons. The van der Waals surface area contributed by atoms with Crippen LogP contribution in [0.25, 0.3) is 0 Å². The Morgan fingerprint density at radius 1 is 1.23 bits per heavy atom. The van der Waals surface area contributed by atoms with E-state index in [1.54, 1.807) is 49.6 Å². The van der Waals surface area contributed by atoms with E-state index in [0.717, 1.165) is 30.5 Å². The largest absolute Gasteiger partial charge is 0.497 e. The van der Waals surface area contributed by atoms with Gasteiger partial charge in [0.25, 0.3) is 5.91 Å². The molecule has 208 valence electrons. The standard InChI is InChI=1S/C30H39FN6O2/c1-6-20-17-34-29(35-25-14-22(30(3,4)31)15-26(16-25)39-5)36-27(20)18-33-24-11-12-37(19(2)13-24)28(38)21-7-9-23(32)10-8-21/h7-10,14-17,19,24,33H,6,11-13,18,32H2,1-5H3,(H,34,35,36)/t19-,24-/m1/s1. The van der Waals surface area contributed by atoms with E-state index >= 15 is 0 Å². The number of aromatic nitrogens is 2. The maximum atomic E-state index is 14.6. The first-order valence-electron chi connectivity index (χ1n) is 13.5. The van der Waals surface area contributed by atoms with Crippen molar-refractivity contribution in [1.82, 2.24) is 20.2 Å². The summed E-state index contributed by atoms with van der Waals surface area (Å²) in [5.41, 5.74) is 8.70. The van der Waals surface area contributed by atoms with Crippen LogP contribution < -0.4 is 21.1 Å². The van der Waals surface area contributed by atoms with E-state index in [0.29, 0.717) is 47.3 Å². The maximum Gasteiger partial charge on any atom is 0.254 e. The molecular formula is C30H39FN6O2. The normalized spacial score (nSPS) is 17.6. The number of nitrogens with zero attached hydrogens (tertiary/aromatic N) is 3. The lowest BCUT2D eigenvalue weighted by Crippen LogP contribution is -2.49. The van der Waals surface area contributed by atoms with Crippen LogP contribution in [-0.4, -0.2) is 46.5 Å². The number of ether oxygens (including phenoxy) is 1. The van der Waals surface area contributed by atoms with Gasteiger partial charge in [-0.05, 0) is 87.6 Å². The molecule has 1 aromatic heterocycles. The van der Waals surface area contributed by atoms with Crippen molar-refractivity contribution in [1.29, 1.82) is 0 Å². The minimum absolute atomic E-state index is 0.0394. The van der Waals surface area contributed by atoms with Crippen LogP contribution >= 0.6 is 0 Å². The molecule has 2 heterocycles. The van der Waals surface area contributed by atoms with Crippen LogP contribution in [0.3, 0.4) is 0 Å². The van der Waals surface area contributed by atoms with Gasteiger partial charge in [-0.3, -0.25) is 4.79 Å². The average molecular weight is 535 g/mol. The molecule has 0 bridgehead atoms. The molecule has 3 aromatic rings. The van der Waals surface area contributed by atoms with Crippen molar-refractivity contribution in [2.45, 2.75) is 71.3 Å². The Morgan fingerprint density at radius 3 is 2.62 bits per heavy atom. The molecule has 2 atom stereocenters. The maximum absolute atomic E-state index is 14.6. The molecule has 1 amide bonds. The lowest BCUT2D eigenvalue weighted by Gasteiger charge is -2.38. The Balaban J connectivity index is 1.41. The van der Waals surface area contributed by atoms with Crippen LogP contribution in [0.4, 0.5) is 21.7 Å². The number of aryl methyl sites for hydroxylation is 1. The fourth-order valence-corrected chi connectivity index (χ4v) is 4.90. The molecule has 39 heavy (non-hydrogen) atoms. The number of amides is 1. The van der Waals surface area contributed by atoms with Crippen LogP contribution in [-0.2, 0) is 18.6 Å². The lowest BCUT2D eigenvalue weighted by atomic mass is 9.97. The highest BCUT2D eigenvalue weighted by Gasteiger charge is 2.29. The molecule has 4 rings (SSSR count). The molecule has 2 aromatic carbocycles. The molecular weight excluding hydrogens is 495 g/mol. The number of nitrogens with two attached hydrogens (primary N) is 1. The summed E-state index contributed by atoms with van der Waals surface area (Å²) >= 11 is 0. The van der Waals surface area contributed by atoms with Gasteiger partial charge in [0, 0.05) is 54.4 Å². The number of anilines is 3. The van der Waals surface area contributed by atoms with E-state index in [1.165, 1.54) is 13.8 Å². The molecule has 1 fully saturated rings. The van der Waals surface area contributed by atoms with E-state index in [-0.39, 0.29) is 18.0 Å². The zero-order valence-electron chi connectivity index (χ0n) is 23.4. The van der Waals surface area contributed by atoms with Crippen LogP contribution in [0.1, 0.15) is 67.7 Å². The molecule has 8 nitrogen and oxygen atoms in total. The number of carbonyl (C=O) groups excluding carboxylic acids is 1. The van der Waals surface area contributed by atoms with E-state index in [9.17, 15) is 9.18 Å². The molecule has 1 saturated heterocycles. The number of benzene rings is 2. The third kappa shape index (κ3) is 7.03. The summed E-state index contributed by atoms with van der Waals surface area (Å²) in [6.07, 6.45) is 4.35. The van der Waals surface area contributed by atoms with E-state index < -0.39 is 5.67 Å². The molecule has 0 aliphatic carbocycles. The summed E-state index contributed by atoms with van der Waals surface area (Å²) in [7, 11) is 1.56. The molecule has 0 saturated carbocycles. The van der Waals surface area contributed by atoms with Crippen molar-refractivity contribution < 1.29 is 13.9 Å². The number of hydrogen-bond acceptors (Lipinski definition) is 7. The number of alkyl halides is 1. The van der Waals surface area contributed by atoms with Gasteiger partial charge in [0.2, 0.25) is 5.95 Å². The first-order chi connectivity index (χ1) is 18.6. The van der Waals surface area contributed by atoms with Crippen LogP contribution in [0.2, 0.25) is 0 Å². The number of rotatable bonds is 9. The zero-order valence-corrected chi connectivity index (χ0v) is 23.4. The van der Waals surface area contributed by atoms with Crippen molar-refractivity contribution >= 4 is 23.2 Å². The van der Waals surface area contributed by atoms with Gasteiger partial charge < -0.3 is 26.0 Å².